The molecule has 17 heavy (non-hydrogen) atoms. The molecule has 0 N–H and O–H groups in total. The zero-order valence-electron chi connectivity index (χ0n) is 10.1. The van der Waals surface area contributed by atoms with Gasteiger partial charge in [0.15, 0.2) is 18.9 Å². The predicted molar refractivity (Wildman–Crippen MR) is 66.1 cm³/mol. The first kappa shape index (κ1) is 13.7. The van der Waals surface area contributed by atoms with E-state index in [-0.39, 0.29) is 12.4 Å². The van der Waals surface area contributed by atoms with Gasteiger partial charge in [0.05, 0.1) is 0 Å². The Labute approximate surface area is 110 Å². The Morgan fingerprint density at radius 2 is 1.53 bits per heavy atom. The minimum atomic E-state index is 0. The maximum Gasteiger partial charge on any atom is 0.168 e. The zero-order chi connectivity index (χ0) is 11.2. The largest absolute Gasteiger partial charge is 1.00 e. The monoisotopic (exact) mass is 247 g/mol. The number of halogens is 1. The fraction of sp³-hybridized carbons (Fsp3) is 0.267. The molecular weight excluding hydrogens is 230 g/mol. The van der Waals surface area contributed by atoms with Gasteiger partial charge in [-0.1, -0.05) is 43.3 Å². The van der Waals surface area contributed by atoms with Crippen molar-refractivity contribution < 1.29 is 17.0 Å². The van der Waals surface area contributed by atoms with Crippen LogP contribution in [0.15, 0.2) is 60.9 Å². The number of aromatic nitrogens is 1. The number of nitrogens with zero attached hydrogens (tertiary/aromatic N) is 1. The molecule has 0 aliphatic heterocycles. The molecule has 0 spiro atoms. The highest BCUT2D eigenvalue weighted by Crippen LogP contribution is 2.18. The minimum absolute atomic E-state index is 0. The molecule has 0 radical (unpaired) electrons. The number of hydrogen-bond donors (Lipinski definition) is 0. The fourth-order valence-electron chi connectivity index (χ4n) is 2.01. The third-order valence-corrected chi connectivity index (χ3v) is 2.97. The van der Waals surface area contributed by atoms with Crippen molar-refractivity contribution in [2.45, 2.75) is 25.8 Å². The standard InChI is InChI=1S/C15H18N.ClH/c1-2-14(15-9-5-3-6-10-15)13-16-11-7-4-8-12-16;/h3-12,14H,2,13H2,1H3;1H/q+1;/p-1. The van der Waals surface area contributed by atoms with Crippen molar-refractivity contribution in [3.05, 3.63) is 66.5 Å². The van der Waals surface area contributed by atoms with Crippen LogP contribution in [-0.4, -0.2) is 0 Å². The van der Waals surface area contributed by atoms with Crippen LogP contribution in [0.4, 0.5) is 0 Å². The summed E-state index contributed by atoms with van der Waals surface area (Å²) in [5.41, 5.74) is 1.43. The summed E-state index contributed by atoms with van der Waals surface area (Å²) in [6.07, 6.45) is 5.43. The van der Waals surface area contributed by atoms with Crippen LogP contribution in [-0.2, 0) is 6.54 Å². The van der Waals surface area contributed by atoms with Gasteiger partial charge in [0, 0.05) is 18.1 Å². The van der Waals surface area contributed by atoms with Gasteiger partial charge in [-0.05, 0) is 12.0 Å². The second-order valence-electron chi connectivity index (χ2n) is 4.09. The third kappa shape index (κ3) is 3.86. The summed E-state index contributed by atoms with van der Waals surface area (Å²) >= 11 is 0. The maximum atomic E-state index is 2.25. The van der Waals surface area contributed by atoms with E-state index in [1.165, 1.54) is 12.0 Å². The molecule has 0 bridgehead atoms. The van der Waals surface area contributed by atoms with E-state index >= 15 is 0 Å². The minimum Gasteiger partial charge on any atom is -1.00 e. The summed E-state index contributed by atoms with van der Waals surface area (Å²) in [7, 11) is 0. The van der Waals surface area contributed by atoms with Crippen LogP contribution in [0.2, 0.25) is 0 Å². The van der Waals surface area contributed by atoms with Gasteiger partial charge >= 0.3 is 0 Å². The highest BCUT2D eigenvalue weighted by molar-refractivity contribution is 5.18. The summed E-state index contributed by atoms with van der Waals surface area (Å²) in [4.78, 5) is 0. The van der Waals surface area contributed by atoms with E-state index in [2.05, 4.69) is 72.4 Å². The Balaban J connectivity index is 0.00000144. The van der Waals surface area contributed by atoms with Crippen molar-refractivity contribution in [2.75, 3.05) is 0 Å². The van der Waals surface area contributed by atoms with E-state index in [0.717, 1.165) is 6.54 Å². The molecule has 0 aliphatic rings. The van der Waals surface area contributed by atoms with Crippen LogP contribution in [0.5, 0.6) is 0 Å². The summed E-state index contributed by atoms with van der Waals surface area (Å²) in [5.74, 6) is 0.605. The van der Waals surface area contributed by atoms with Gasteiger partial charge in [-0.25, -0.2) is 4.57 Å². The molecule has 0 fully saturated rings. The second-order valence-corrected chi connectivity index (χ2v) is 4.09. The van der Waals surface area contributed by atoms with Gasteiger partial charge in [0.25, 0.3) is 0 Å². The summed E-state index contributed by atoms with van der Waals surface area (Å²) in [5, 5.41) is 0. The molecule has 0 saturated heterocycles. The number of rotatable bonds is 4. The highest BCUT2D eigenvalue weighted by atomic mass is 35.5. The van der Waals surface area contributed by atoms with Crippen LogP contribution in [0.25, 0.3) is 0 Å². The number of hydrogen-bond acceptors (Lipinski definition) is 0. The quantitative estimate of drug-likeness (QED) is 0.679. The Kier molecular flexibility index (Phi) is 5.71. The molecule has 1 nitrogen and oxygen atoms in total. The first-order valence-corrected chi connectivity index (χ1v) is 5.89. The third-order valence-electron chi connectivity index (χ3n) is 2.97. The van der Waals surface area contributed by atoms with Gasteiger partial charge in [-0.3, -0.25) is 0 Å². The van der Waals surface area contributed by atoms with Gasteiger partial charge < -0.3 is 12.4 Å². The van der Waals surface area contributed by atoms with Gasteiger partial charge in [-0.15, -0.1) is 0 Å². The van der Waals surface area contributed by atoms with Crippen molar-refractivity contribution in [3.63, 3.8) is 0 Å². The number of benzene rings is 1. The highest BCUT2D eigenvalue weighted by Gasteiger charge is 2.13. The molecule has 1 heterocycles. The Morgan fingerprint density at radius 1 is 0.941 bits per heavy atom. The first-order valence-electron chi connectivity index (χ1n) is 5.89. The average Bonchev–Trinajstić information content (AvgIpc) is 2.38. The van der Waals surface area contributed by atoms with E-state index in [1.54, 1.807) is 0 Å². The summed E-state index contributed by atoms with van der Waals surface area (Å²) in [6.45, 7) is 3.31. The van der Waals surface area contributed by atoms with Crippen molar-refractivity contribution >= 4 is 0 Å². The maximum absolute atomic E-state index is 2.25. The smallest absolute Gasteiger partial charge is 0.168 e. The first-order chi connectivity index (χ1) is 7.90. The van der Waals surface area contributed by atoms with E-state index in [4.69, 9.17) is 0 Å². The fourth-order valence-corrected chi connectivity index (χ4v) is 2.01. The second kappa shape index (κ2) is 7.08. The molecule has 0 amide bonds. The topological polar surface area (TPSA) is 3.88 Å². The summed E-state index contributed by atoms with van der Waals surface area (Å²) in [6, 6.07) is 17.0. The molecule has 0 aliphatic carbocycles. The Morgan fingerprint density at radius 3 is 2.12 bits per heavy atom. The van der Waals surface area contributed by atoms with Gasteiger partial charge in [0.2, 0.25) is 0 Å². The van der Waals surface area contributed by atoms with E-state index in [9.17, 15) is 0 Å². The van der Waals surface area contributed by atoms with E-state index in [1.807, 2.05) is 0 Å². The lowest BCUT2D eigenvalue weighted by atomic mass is 9.96. The molecule has 1 aromatic carbocycles. The molecule has 90 valence electrons. The lowest BCUT2D eigenvalue weighted by molar-refractivity contribution is -0.699. The van der Waals surface area contributed by atoms with E-state index in [0.29, 0.717) is 5.92 Å². The molecule has 2 rings (SSSR count). The molecule has 2 aromatic rings. The lowest BCUT2D eigenvalue weighted by Crippen LogP contribution is -3.00. The SMILES string of the molecule is CCC(C[n+]1ccccc1)c1ccccc1.[Cl-]. The molecule has 2 heteroatoms. The average molecular weight is 248 g/mol. The predicted octanol–water partition coefficient (Wildman–Crippen LogP) is 0.172. The van der Waals surface area contributed by atoms with Gasteiger partial charge in [0.1, 0.15) is 0 Å². The molecule has 1 unspecified atom stereocenters. The van der Waals surface area contributed by atoms with Crippen LogP contribution < -0.4 is 17.0 Å². The van der Waals surface area contributed by atoms with Gasteiger partial charge in [-0.2, -0.15) is 0 Å². The van der Waals surface area contributed by atoms with Crippen LogP contribution in [0.1, 0.15) is 24.8 Å². The van der Waals surface area contributed by atoms with Crippen LogP contribution >= 0.6 is 0 Å². The van der Waals surface area contributed by atoms with E-state index < -0.39 is 0 Å². The Bertz CT molecular complexity index is 413. The number of pyridine rings is 1. The zero-order valence-corrected chi connectivity index (χ0v) is 10.8. The molecule has 0 saturated carbocycles. The normalized spacial score (nSPS) is 11.6. The van der Waals surface area contributed by atoms with Crippen LogP contribution in [0.3, 0.4) is 0 Å². The van der Waals surface area contributed by atoms with Crippen molar-refractivity contribution in [1.29, 1.82) is 0 Å². The Hall–Kier alpha value is -1.34. The molecular formula is C15H18ClN. The lowest BCUT2D eigenvalue weighted by Gasteiger charge is -2.11. The van der Waals surface area contributed by atoms with Crippen molar-refractivity contribution in [1.82, 2.24) is 0 Å². The van der Waals surface area contributed by atoms with Crippen molar-refractivity contribution in [2.24, 2.45) is 0 Å². The summed E-state index contributed by atoms with van der Waals surface area (Å²) < 4.78 is 2.25. The van der Waals surface area contributed by atoms with Crippen LogP contribution in [0, 0.1) is 0 Å². The molecule has 1 aromatic heterocycles. The molecule has 1 atom stereocenters. The van der Waals surface area contributed by atoms with Crippen molar-refractivity contribution in [3.8, 4) is 0 Å².